The summed E-state index contributed by atoms with van der Waals surface area (Å²) in [6, 6.07) is 10.0. The van der Waals surface area contributed by atoms with Crippen LogP contribution in [0.3, 0.4) is 0 Å². The average Bonchev–Trinajstić information content (AvgIpc) is 3.35. The molecule has 0 bridgehead atoms. The smallest absolute Gasteiger partial charge is 0.163 e. The summed E-state index contributed by atoms with van der Waals surface area (Å²) in [5.74, 6) is 1.86. The van der Waals surface area contributed by atoms with Crippen LogP contribution in [0.1, 0.15) is 17.7 Å². The quantitative estimate of drug-likeness (QED) is 0.401. The molecular weight excluding hydrogens is 386 g/mol. The second kappa shape index (κ2) is 8.16. The number of thiophene rings is 1. The monoisotopic (exact) mass is 405 g/mol. The summed E-state index contributed by atoms with van der Waals surface area (Å²) in [4.78, 5) is 9.78. The molecule has 0 radical (unpaired) electrons. The van der Waals surface area contributed by atoms with Gasteiger partial charge in [0.15, 0.2) is 5.82 Å². The normalized spacial score (nSPS) is 10.8. The molecule has 0 aliphatic rings. The number of ether oxygens (including phenoxy) is 1. The Labute approximate surface area is 171 Å². The summed E-state index contributed by atoms with van der Waals surface area (Å²) in [5, 5.41) is 22.4. The van der Waals surface area contributed by atoms with Gasteiger partial charge in [0.1, 0.15) is 34.4 Å². The molecule has 3 aromatic heterocycles. The van der Waals surface area contributed by atoms with Gasteiger partial charge in [-0.3, -0.25) is 5.10 Å². The molecule has 9 heteroatoms. The number of benzene rings is 1. The Kier molecular flexibility index (Phi) is 5.27. The van der Waals surface area contributed by atoms with Crippen LogP contribution in [0, 0.1) is 11.3 Å². The number of H-pyrrole nitrogens is 1. The summed E-state index contributed by atoms with van der Waals surface area (Å²) >= 11 is 1.59. The fourth-order valence-electron chi connectivity index (χ4n) is 3.16. The predicted octanol–water partition coefficient (Wildman–Crippen LogP) is 3.59. The van der Waals surface area contributed by atoms with Crippen molar-refractivity contribution in [3.8, 4) is 22.9 Å². The Hall–Kier alpha value is -3.64. The van der Waals surface area contributed by atoms with Gasteiger partial charge in [-0.1, -0.05) is 12.1 Å². The number of hydrogen-bond acceptors (Lipinski definition) is 8. The van der Waals surface area contributed by atoms with Crippen molar-refractivity contribution in [2.45, 2.75) is 12.8 Å². The highest BCUT2D eigenvalue weighted by Crippen LogP contribution is 2.37. The van der Waals surface area contributed by atoms with E-state index in [9.17, 15) is 0 Å². The number of nitrogens with two attached hydrogens (primary N) is 1. The largest absolute Gasteiger partial charge is 0.497 e. The standard InChI is InChI=1S/C20H19N7OS/c1-28-13-6-4-12(5-7-13)15-10-29-20-17(15)19(24-11-25-20)23-8-2-3-16-14(9-21)18(22)27-26-16/h4-7,10-11H,2-3,8H2,1H3,(H3,22,26,27)(H,23,24,25). The molecule has 0 atom stereocenters. The highest BCUT2D eigenvalue weighted by Gasteiger charge is 2.14. The summed E-state index contributed by atoms with van der Waals surface area (Å²) in [5.41, 5.74) is 9.04. The van der Waals surface area contributed by atoms with Gasteiger partial charge in [-0.2, -0.15) is 10.4 Å². The molecule has 4 rings (SSSR count). The topological polar surface area (TPSA) is 126 Å². The number of hydrogen-bond donors (Lipinski definition) is 3. The molecule has 4 N–H and O–H groups in total. The lowest BCUT2D eigenvalue weighted by Gasteiger charge is -2.08. The third kappa shape index (κ3) is 3.70. The molecular formula is C20H19N7OS. The number of nitrogen functional groups attached to an aromatic ring is 1. The van der Waals surface area contributed by atoms with Gasteiger partial charge >= 0.3 is 0 Å². The van der Waals surface area contributed by atoms with E-state index in [2.05, 4.69) is 36.9 Å². The molecule has 0 saturated carbocycles. The van der Waals surface area contributed by atoms with Crippen molar-refractivity contribution in [2.24, 2.45) is 0 Å². The van der Waals surface area contributed by atoms with Crippen LogP contribution in [0.4, 0.5) is 11.6 Å². The van der Waals surface area contributed by atoms with Crippen molar-refractivity contribution in [1.82, 2.24) is 20.2 Å². The molecule has 0 aliphatic carbocycles. The third-order valence-corrected chi connectivity index (χ3v) is 5.53. The first-order valence-corrected chi connectivity index (χ1v) is 9.92. The molecule has 0 aliphatic heterocycles. The maximum Gasteiger partial charge on any atom is 0.163 e. The zero-order valence-corrected chi connectivity index (χ0v) is 16.6. The van der Waals surface area contributed by atoms with E-state index in [-0.39, 0.29) is 5.82 Å². The van der Waals surface area contributed by atoms with Crippen LogP contribution in [-0.4, -0.2) is 33.8 Å². The summed E-state index contributed by atoms with van der Waals surface area (Å²) in [6.07, 6.45) is 3.04. The van der Waals surface area contributed by atoms with Crippen LogP contribution in [0.15, 0.2) is 36.0 Å². The molecule has 29 heavy (non-hydrogen) atoms. The second-order valence-electron chi connectivity index (χ2n) is 6.38. The summed E-state index contributed by atoms with van der Waals surface area (Å²) in [6.45, 7) is 0.688. The average molecular weight is 405 g/mol. The van der Waals surface area contributed by atoms with Crippen molar-refractivity contribution in [2.75, 3.05) is 24.7 Å². The van der Waals surface area contributed by atoms with Crippen molar-refractivity contribution in [3.63, 3.8) is 0 Å². The van der Waals surface area contributed by atoms with E-state index >= 15 is 0 Å². The number of nitrogens with zero attached hydrogens (tertiary/aromatic N) is 4. The van der Waals surface area contributed by atoms with Gasteiger partial charge in [0, 0.05) is 17.5 Å². The van der Waals surface area contributed by atoms with E-state index in [1.165, 1.54) is 0 Å². The number of methoxy groups -OCH3 is 1. The first-order valence-electron chi connectivity index (χ1n) is 9.04. The van der Waals surface area contributed by atoms with Crippen molar-refractivity contribution in [3.05, 3.63) is 47.2 Å². The number of aryl methyl sites for hydroxylation is 1. The van der Waals surface area contributed by atoms with Gasteiger partial charge in [0.2, 0.25) is 0 Å². The van der Waals surface area contributed by atoms with Gasteiger partial charge in [-0.25, -0.2) is 9.97 Å². The third-order valence-electron chi connectivity index (χ3n) is 4.65. The van der Waals surface area contributed by atoms with Crippen molar-refractivity contribution >= 4 is 33.2 Å². The lowest BCUT2D eigenvalue weighted by Crippen LogP contribution is -2.06. The Morgan fingerprint density at radius 1 is 1.28 bits per heavy atom. The first kappa shape index (κ1) is 18.7. The van der Waals surface area contributed by atoms with Crippen LogP contribution in [-0.2, 0) is 6.42 Å². The molecule has 8 nitrogen and oxygen atoms in total. The van der Waals surface area contributed by atoms with Gasteiger partial charge in [0.25, 0.3) is 0 Å². The van der Waals surface area contributed by atoms with E-state index in [1.54, 1.807) is 24.8 Å². The van der Waals surface area contributed by atoms with E-state index in [0.29, 0.717) is 18.5 Å². The first-order chi connectivity index (χ1) is 14.2. The maximum atomic E-state index is 9.16. The van der Waals surface area contributed by atoms with Crippen LogP contribution >= 0.6 is 11.3 Å². The number of anilines is 2. The number of nitriles is 1. The summed E-state index contributed by atoms with van der Waals surface area (Å²) in [7, 11) is 1.65. The number of rotatable bonds is 7. The molecule has 4 aromatic rings. The minimum absolute atomic E-state index is 0.246. The molecule has 0 fully saturated rings. The van der Waals surface area contributed by atoms with E-state index in [1.807, 2.05) is 24.3 Å². The van der Waals surface area contributed by atoms with E-state index in [0.717, 1.165) is 45.0 Å². The molecule has 146 valence electrons. The highest BCUT2D eigenvalue weighted by molar-refractivity contribution is 7.17. The molecule has 0 amide bonds. The second-order valence-corrected chi connectivity index (χ2v) is 7.24. The number of aromatic nitrogens is 4. The number of nitrogens with one attached hydrogen (secondary N) is 2. The molecule has 1 aromatic carbocycles. The number of fused-ring (bicyclic) bond motifs is 1. The van der Waals surface area contributed by atoms with Crippen LogP contribution in [0.5, 0.6) is 5.75 Å². The maximum absolute atomic E-state index is 9.16. The van der Waals surface area contributed by atoms with Gasteiger partial charge in [-0.05, 0) is 30.5 Å². The van der Waals surface area contributed by atoms with Gasteiger partial charge < -0.3 is 15.8 Å². The molecule has 0 unspecified atom stereocenters. The molecule has 0 saturated heterocycles. The predicted molar refractivity (Wildman–Crippen MR) is 114 cm³/mol. The fourth-order valence-corrected chi connectivity index (χ4v) is 4.08. The highest BCUT2D eigenvalue weighted by atomic mass is 32.1. The lowest BCUT2D eigenvalue weighted by atomic mass is 10.1. The minimum Gasteiger partial charge on any atom is -0.497 e. The zero-order valence-electron chi connectivity index (χ0n) is 15.8. The van der Waals surface area contributed by atoms with Gasteiger partial charge in [0.05, 0.1) is 18.2 Å². The van der Waals surface area contributed by atoms with Crippen molar-refractivity contribution < 1.29 is 4.74 Å². The molecule has 3 heterocycles. The zero-order chi connectivity index (χ0) is 20.2. The Morgan fingerprint density at radius 3 is 2.86 bits per heavy atom. The van der Waals surface area contributed by atoms with E-state index < -0.39 is 0 Å². The molecule has 0 spiro atoms. The SMILES string of the molecule is COc1ccc(-c2csc3ncnc(NCCCc4[nH]nc(N)c4C#N)c23)cc1. The fraction of sp³-hybridized carbons (Fsp3) is 0.200. The lowest BCUT2D eigenvalue weighted by molar-refractivity contribution is 0.415. The Balaban J connectivity index is 1.51. The van der Waals surface area contributed by atoms with Crippen molar-refractivity contribution in [1.29, 1.82) is 5.26 Å². The van der Waals surface area contributed by atoms with Crippen LogP contribution in [0.2, 0.25) is 0 Å². The van der Waals surface area contributed by atoms with Gasteiger partial charge in [-0.15, -0.1) is 11.3 Å². The van der Waals surface area contributed by atoms with E-state index in [4.69, 9.17) is 15.7 Å². The number of aromatic amines is 1. The Morgan fingerprint density at radius 2 is 2.10 bits per heavy atom. The minimum atomic E-state index is 0.246. The van der Waals surface area contributed by atoms with Crippen LogP contribution < -0.4 is 15.8 Å². The van der Waals surface area contributed by atoms with Crippen LogP contribution in [0.25, 0.3) is 21.3 Å². The Bertz CT molecular complexity index is 1170. The summed E-state index contributed by atoms with van der Waals surface area (Å²) < 4.78 is 5.25.